The van der Waals surface area contributed by atoms with Crippen LogP contribution in [0.25, 0.3) is 32.9 Å². The van der Waals surface area contributed by atoms with Crippen molar-refractivity contribution in [3.05, 3.63) is 84.3 Å². The summed E-state index contributed by atoms with van der Waals surface area (Å²) in [6.07, 6.45) is 11.3. The highest BCUT2D eigenvalue weighted by molar-refractivity contribution is 6.23. The van der Waals surface area contributed by atoms with Crippen LogP contribution in [0.5, 0.6) is 11.6 Å². The third-order valence-corrected chi connectivity index (χ3v) is 11.8. The summed E-state index contributed by atoms with van der Waals surface area (Å²) in [6, 6.07) is 16.6. The van der Waals surface area contributed by atoms with Crippen LogP contribution in [0.1, 0.15) is 65.7 Å². The Hall–Kier alpha value is -5.62. The maximum Gasteiger partial charge on any atom is 0.262 e. The Bertz CT molecular complexity index is 2290. The first-order valence-electron chi connectivity index (χ1n) is 18.9. The summed E-state index contributed by atoms with van der Waals surface area (Å²) >= 11 is 0. The smallest absolute Gasteiger partial charge is 0.262 e. The van der Waals surface area contributed by atoms with Crippen LogP contribution in [0.15, 0.2) is 73.2 Å². The number of aromatic nitrogens is 3. The van der Waals surface area contributed by atoms with E-state index in [4.69, 9.17) is 9.47 Å². The summed E-state index contributed by atoms with van der Waals surface area (Å²) in [5.74, 6) is 0.363. The number of fused-ring (bicyclic) bond motifs is 4. The lowest BCUT2D eigenvalue weighted by Crippen LogP contribution is -2.54. The molecule has 6 heterocycles. The third-order valence-electron chi connectivity index (χ3n) is 11.8. The maximum absolute atomic E-state index is 13.1. The molecular weight excluding hydrogens is 684 g/mol. The molecule has 0 radical (unpaired) electrons. The lowest BCUT2D eigenvalue weighted by molar-refractivity contribution is -0.136. The molecule has 2 saturated heterocycles. The van der Waals surface area contributed by atoms with Gasteiger partial charge in [-0.2, -0.15) is 0 Å². The molecule has 3 fully saturated rings. The number of likely N-dealkylation sites (tertiary alicyclic amines) is 1. The monoisotopic (exact) mass is 726 g/mol. The van der Waals surface area contributed by atoms with Gasteiger partial charge in [0.2, 0.25) is 17.7 Å². The highest BCUT2D eigenvalue weighted by atomic mass is 16.5. The van der Waals surface area contributed by atoms with Gasteiger partial charge in [-0.05, 0) is 105 Å². The number of nitrogens with one attached hydrogen (secondary N) is 1. The van der Waals surface area contributed by atoms with E-state index in [-0.39, 0.29) is 30.1 Å². The second kappa shape index (κ2) is 14.0. The summed E-state index contributed by atoms with van der Waals surface area (Å²) in [7, 11) is 2.09. The van der Waals surface area contributed by atoms with E-state index in [2.05, 4.69) is 62.1 Å². The minimum Gasteiger partial charge on any atom is -0.494 e. The summed E-state index contributed by atoms with van der Waals surface area (Å²) in [6.45, 7) is 3.77. The second-order valence-electron chi connectivity index (χ2n) is 15.2. The number of rotatable bonds is 10. The van der Waals surface area contributed by atoms with Gasteiger partial charge in [0.05, 0.1) is 23.3 Å². The fraction of sp³-hybridized carbons (Fsp3) is 0.381. The molecule has 1 unspecified atom stereocenters. The second-order valence-corrected chi connectivity index (χ2v) is 15.2. The zero-order valence-corrected chi connectivity index (χ0v) is 30.2. The van der Waals surface area contributed by atoms with Crippen molar-refractivity contribution < 1.29 is 28.7 Å². The highest BCUT2D eigenvalue weighted by Crippen LogP contribution is 2.35. The van der Waals surface area contributed by atoms with Crippen molar-refractivity contribution in [1.82, 2.24) is 29.7 Å². The van der Waals surface area contributed by atoms with Crippen molar-refractivity contribution in [3.63, 3.8) is 0 Å². The molecule has 1 atom stereocenters. The molecule has 1 saturated carbocycles. The molecule has 3 aliphatic heterocycles. The van der Waals surface area contributed by atoms with Gasteiger partial charge in [0.25, 0.3) is 11.8 Å². The zero-order valence-electron chi connectivity index (χ0n) is 30.2. The van der Waals surface area contributed by atoms with E-state index in [1.807, 2.05) is 24.7 Å². The normalized spacial score (nSPS) is 22.1. The van der Waals surface area contributed by atoms with Crippen molar-refractivity contribution in [2.45, 2.75) is 57.1 Å². The number of carbonyl (C=O) groups excluding carboxylic acids is 4. The number of imide groups is 2. The van der Waals surface area contributed by atoms with Gasteiger partial charge in [-0.3, -0.25) is 34.4 Å². The van der Waals surface area contributed by atoms with Crippen molar-refractivity contribution in [1.29, 1.82) is 0 Å². The first-order chi connectivity index (χ1) is 26.3. The topological polar surface area (TPSA) is 136 Å². The number of ether oxygens (including phenoxy) is 2. The first-order valence-corrected chi connectivity index (χ1v) is 18.9. The summed E-state index contributed by atoms with van der Waals surface area (Å²) in [4.78, 5) is 62.5. The molecule has 276 valence electrons. The Morgan fingerprint density at radius 2 is 1.63 bits per heavy atom. The van der Waals surface area contributed by atoms with Crippen LogP contribution in [0.3, 0.4) is 0 Å². The third kappa shape index (κ3) is 6.38. The van der Waals surface area contributed by atoms with Crippen molar-refractivity contribution >= 4 is 45.4 Å². The Morgan fingerprint density at radius 1 is 0.815 bits per heavy atom. The lowest BCUT2D eigenvalue weighted by Gasteiger charge is -2.40. The largest absolute Gasteiger partial charge is 0.494 e. The fourth-order valence-corrected chi connectivity index (χ4v) is 8.65. The molecule has 4 aliphatic rings. The van der Waals surface area contributed by atoms with Gasteiger partial charge in [0.15, 0.2) is 0 Å². The number of aryl methyl sites for hydroxylation is 1. The average molecular weight is 727 g/mol. The Morgan fingerprint density at radius 3 is 2.43 bits per heavy atom. The minimum atomic E-state index is -0.978. The van der Waals surface area contributed by atoms with Gasteiger partial charge in [-0.1, -0.05) is 12.1 Å². The molecule has 1 aliphatic carbocycles. The summed E-state index contributed by atoms with van der Waals surface area (Å²) in [5, 5.41) is 4.58. The number of hydrogen-bond donors (Lipinski definition) is 1. The van der Waals surface area contributed by atoms with Gasteiger partial charge < -0.3 is 18.9 Å². The molecule has 3 aromatic heterocycles. The van der Waals surface area contributed by atoms with Gasteiger partial charge in [0, 0.05) is 66.5 Å². The van der Waals surface area contributed by atoms with Crippen LogP contribution in [-0.4, -0.2) is 86.4 Å². The van der Waals surface area contributed by atoms with Crippen molar-refractivity contribution in [2.24, 2.45) is 18.9 Å². The number of hydrogen-bond acceptors (Lipinski definition) is 9. The van der Waals surface area contributed by atoms with Crippen LogP contribution in [0.4, 0.5) is 0 Å². The van der Waals surface area contributed by atoms with E-state index in [0.717, 1.165) is 73.2 Å². The number of carbonyl (C=O) groups is 4. The van der Waals surface area contributed by atoms with Crippen LogP contribution in [0, 0.1) is 11.8 Å². The zero-order chi connectivity index (χ0) is 36.9. The van der Waals surface area contributed by atoms with Crippen LogP contribution in [0.2, 0.25) is 0 Å². The van der Waals surface area contributed by atoms with Gasteiger partial charge >= 0.3 is 0 Å². The molecule has 4 amide bonds. The van der Waals surface area contributed by atoms with E-state index in [1.165, 1.54) is 16.4 Å². The number of piperidine rings is 2. The van der Waals surface area contributed by atoms with Gasteiger partial charge in [-0.25, -0.2) is 4.98 Å². The van der Waals surface area contributed by atoms with Crippen LogP contribution in [-0.2, 0) is 16.6 Å². The van der Waals surface area contributed by atoms with Crippen LogP contribution >= 0.6 is 0 Å². The lowest BCUT2D eigenvalue weighted by atomic mass is 9.81. The number of nitrogens with zero attached hydrogens (tertiary/aromatic N) is 5. The van der Waals surface area contributed by atoms with E-state index in [0.29, 0.717) is 30.1 Å². The maximum atomic E-state index is 13.1. The standard InChI is InChI=1S/C42H42N6O6/c1-46-35-10-14-43-23-34(35)31-5-2-27(20-37(31)46)28-3-9-39(44-22-28)54-30-18-26(19-30)24-47-15-11-25(12-16-47)13-17-53-29-4-6-32-33(21-29)42(52)48(41(32)51)36-7-8-38(49)45-40(36)50/h2-6,9-10,14,20-23,25-26,30,36H,7-8,11-13,15-19,24H2,1H3,(H,45,49,50). The highest BCUT2D eigenvalue weighted by Gasteiger charge is 2.44. The predicted octanol–water partition coefficient (Wildman–Crippen LogP) is 5.53. The molecule has 1 N–H and O–H groups in total. The van der Waals surface area contributed by atoms with E-state index in [9.17, 15) is 19.2 Å². The molecule has 12 nitrogen and oxygen atoms in total. The molecule has 5 aromatic rings. The van der Waals surface area contributed by atoms with E-state index >= 15 is 0 Å². The molecule has 2 aromatic carbocycles. The molecular formula is C42H42N6O6. The molecule has 54 heavy (non-hydrogen) atoms. The SMILES string of the molecule is Cn1c2ccncc2c2ccc(-c3ccc(OC4CC(CN5CCC(CCOc6ccc7c(c6)C(=O)N(C6CCC(=O)NC6=O)C7=O)CC5)C4)nc3)cc21. The van der Waals surface area contributed by atoms with Crippen molar-refractivity contribution in [2.75, 3.05) is 26.2 Å². The predicted molar refractivity (Wildman–Crippen MR) is 201 cm³/mol. The number of amides is 4. The Kier molecular flexibility index (Phi) is 8.85. The molecule has 0 bridgehead atoms. The minimum absolute atomic E-state index is 0.0899. The Labute approximate surface area is 312 Å². The number of pyridine rings is 2. The average Bonchev–Trinajstić information content (AvgIpc) is 3.59. The quantitative estimate of drug-likeness (QED) is 0.184. The fourth-order valence-electron chi connectivity index (χ4n) is 8.65. The summed E-state index contributed by atoms with van der Waals surface area (Å²) in [5.41, 5.74) is 5.01. The van der Waals surface area contributed by atoms with E-state index < -0.39 is 29.7 Å². The summed E-state index contributed by atoms with van der Waals surface area (Å²) < 4.78 is 14.5. The number of benzene rings is 2. The van der Waals surface area contributed by atoms with Gasteiger partial charge in [0.1, 0.15) is 17.9 Å². The molecule has 0 spiro atoms. The molecule has 9 rings (SSSR count). The van der Waals surface area contributed by atoms with Crippen molar-refractivity contribution in [3.8, 4) is 22.8 Å². The van der Waals surface area contributed by atoms with E-state index in [1.54, 1.807) is 18.2 Å². The van der Waals surface area contributed by atoms with Crippen LogP contribution < -0.4 is 14.8 Å². The molecule has 12 heteroatoms. The Balaban J connectivity index is 0.697. The van der Waals surface area contributed by atoms with Gasteiger partial charge in [-0.15, -0.1) is 0 Å². The first kappa shape index (κ1) is 34.2.